The van der Waals surface area contributed by atoms with Gasteiger partial charge in [0.2, 0.25) is 10.0 Å². The monoisotopic (exact) mass is 268 g/mol. The van der Waals surface area contributed by atoms with Crippen LogP contribution in [-0.2, 0) is 16.4 Å². The molecule has 0 amide bonds. The van der Waals surface area contributed by atoms with Crippen LogP contribution < -0.4 is 5.73 Å². The molecular formula is C13H20N2O2S. The van der Waals surface area contributed by atoms with Gasteiger partial charge < -0.3 is 5.73 Å². The molecule has 1 heterocycles. The highest BCUT2D eigenvalue weighted by molar-refractivity contribution is 7.89. The average Bonchev–Trinajstić information content (AvgIpc) is 2.38. The third kappa shape index (κ3) is 3.54. The zero-order valence-corrected chi connectivity index (χ0v) is 11.3. The summed E-state index contributed by atoms with van der Waals surface area (Å²) < 4.78 is 25.9. The fourth-order valence-electron chi connectivity index (χ4n) is 2.25. The maximum atomic E-state index is 12.2. The lowest BCUT2D eigenvalue weighted by molar-refractivity contribution is 0.316. The van der Waals surface area contributed by atoms with Crippen LogP contribution in [0.4, 0.5) is 0 Å². The number of sulfonamides is 1. The molecule has 2 rings (SSSR count). The van der Waals surface area contributed by atoms with Crippen LogP contribution in [-0.4, -0.2) is 37.6 Å². The van der Waals surface area contributed by atoms with Gasteiger partial charge in [0.05, 0.1) is 5.75 Å². The van der Waals surface area contributed by atoms with Gasteiger partial charge in [-0.1, -0.05) is 30.3 Å². The molecule has 1 fully saturated rings. The molecule has 0 aromatic heterocycles. The van der Waals surface area contributed by atoms with E-state index >= 15 is 0 Å². The predicted molar refractivity (Wildman–Crippen MR) is 72.7 cm³/mol. The molecule has 0 spiro atoms. The first-order chi connectivity index (χ1) is 8.58. The van der Waals surface area contributed by atoms with Crippen LogP contribution in [0.15, 0.2) is 30.3 Å². The highest BCUT2D eigenvalue weighted by Crippen LogP contribution is 2.14. The van der Waals surface area contributed by atoms with E-state index in [-0.39, 0.29) is 11.8 Å². The molecule has 4 nitrogen and oxygen atoms in total. The standard InChI is InChI=1S/C13H20N2O2S/c14-13-7-4-9-15(11-13)18(16,17)10-8-12-5-2-1-3-6-12/h1-3,5-6,13H,4,7-11,14H2/t13-/m0/s1. The second-order valence-electron chi connectivity index (χ2n) is 4.81. The highest BCUT2D eigenvalue weighted by Gasteiger charge is 2.26. The summed E-state index contributed by atoms with van der Waals surface area (Å²) in [6, 6.07) is 9.69. The summed E-state index contributed by atoms with van der Waals surface area (Å²) in [4.78, 5) is 0. The summed E-state index contributed by atoms with van der Waals surface area (Å²) in [5.41, 5.74) is 6.88. The van der Waals surface area contributed by atoms with Gasteiger partial charge in [-0.15, -0.1) is 0 Å². The number of piperidine rings is 1. The van der Waals surface area contributed by atoms with E-state index in [1.807, 2.05) is 30.3 Å². The summed E-state index contributed by atoms with van der Waals surface area (Å²) in [6.45, 7) is 1.09. The first kappa shape index (κ1) is 13.5. The third-order valence-corrected chi connectivity index (χ3v) is 5.14. The van der Waals surface area contributed by atoms with Crippen molar-refractivity contribution in [2.45, 2.75) is 25.3 Å². The molecule has 0 saturated carbocycles. The zero-order chi connectivity index (χ0) is 13.0. The van der Waals surface area contributed by atoms with Crippen LogP contribution in [0.25, 0.3) is 0 Å². The van der Waals surface area contributed by atoms with E-state index in [1.54, 1.807) is 4.31 Å². The molecule has 1 aromatic rings. The average molecular weight is 268 g/mol. The lowest BCUT2D eigenvalue weighted by Crippen LogP contribution is -2.46. The van der Waals surface area contributed by atoms with Crippen molar-refractivity contribution in [3.05, 3.63) is 35.9 Å². The quantitative estimate of drug-likeness (QED) is 0.885. The second kappa shape index (κ2) is 5.82. The van der Waals surface area contributed by atoms with Gasteiger partial charge in [-0.3, -0.25) is 0 Å². The van der Waals surface area contributed by atoms with E-state index in [2.05, 4.69) is 0 Å². The number of hydrogen-bond acceptors (Lipinski definition) is 3. The molecule has 0 radical (unpaired) electrons. The molecule has 1 atom stereocenters. The molecule has 100 valence electrons. The number of nitrogens with two attached hydrogens (primary N) is 1. The highest BCUT2D eigenvalue weighted by atomic mass is 32.2. The summed E-state index contributed by atoms with van der Waals surface area (Å²) in [5.74, 6) is 0.170. The van der Waals surface area contributed by atoms with Crippen molar-refractivity contribution in [2.75, 3.05) is 18.8 Å². The molecule has 2 N–H and O–H groups in total. The molecule has 0 bridgehead atoms. The first-order valence-electron chi connectivity index (χ1n) is 6.35. The van der Waals surface area contributed by atoms with Crippen LogP contribution in [0.5, 0.6) is 0 Å². The minimum Gasteiger partial charge on any atom is -0.327 e. The number of hydrogen-bond donors (Lipinski definition) is 1. The Hall–Kier alpha value is -0.910. The molecule has 18 heavy (non-hydrogen) atoms. The van der Waals surface area contributed by atoms with E-state index in [0.717, 1.165) is 18.4 Å². The number of aryl methyl sites for hydroxylation is 1. The van der Waals surface area contributed by atoms with Crippen molar-refractivity contribution >= 4 is 10.0 Å². The van der Waals surface area contributed by atoms with E-state index in [9.17, 15) is 8.42 Å². The van der Waals surface area contributed by atoms with Gasteiger partial charge >= 0.3 is 0 Å². The van der Waals surface area contributed by atoms with E-state index in [0.29, 0.717) is 19.5 Å². The van der Waals surface area contributed by atoms with Gasteiger partial charge in [0, 0.05) is 19.1 Å². The molecule has 5 heteroatoms. The zero-order valence-electron chi connectivity index (χ0n) is 10.5. The van der Waals surface area contributed by atoms with Crippen LogP contribution in [0, 0.1) is 0 Å². The van der Waals surface area contributed by atoms with Gasteiger partial charge in [-0.25, -0.2) is 12.7 Å². The van der Waals surface area contributed by atoms with E-state index in [1.165, 1.54) is 0 Å². The molecule has 1 aliphatic rings. The minimum absolute atomic E-state index is 0.00903. The van der Waals surface area contributed by atoms with Crippen LogP contribution in [0.2, 0.25) is 0 Å². The van der Waals surface area contributed by atoms with Gasteiger partial charge in [-0.05, 0) is 24.8 Å². The summed E-state index contributed by atoms with van der Waals surface area (Å²) in [7, 11) is -3.16. The Kier molecular flexibility index (Phi) is 4.37. The summed E-state index contributed by atoms with van der Waals surface area (Å²) >= 11 is 0. The van der Waals surface area contributed by atoms with Gasteiger partial charge in [0.25, 0.3) is 0 Å². The predicted octanol–water partition coefficient (Wildman–Crippen LogP) is 0.982. The lowest BCUT2D eigenvalue weighted by Gasteiger charge is -2.29. The lowest BCUT2D eigenvalue weighted by atomic mass is 10.1. The van der Waals surface area contributed by atoms with Crippen molar-refractivity contribution in [1.82, 2.24) is 4.31 Å². The van der Waals surface area contributed by atoms with Gasteiger partial charge in [-0.2, -0.15) is 0 Å². The van der Waals surface area contributed by atoms with Gasteiger partial charge in [0.1, 0.15) is 0 Å². The van der Waals surface area contributed by atoms with Crippen molar-refractivity contribution in [2.24, 2.45) is 5.73 Å². The summed E-state index contributed by atoms with van der Waals surface area (Å²) in [5, 5.41) is 0. The second-order valence-corrected chi connectivity index (χ2v) is 6.90. The van der Waals surface area contributed by atoms with Crippen molar-refractivity contribution < 1.29 is 8.42 Å². The molecule has 0 unspecified atom stereocenters. The fourth-order valence-corrected chi connectivity index (χ4v) is 3.82. The van der Waals surface area contributed by atoms with E-state index in [4.69, 9.17) is 5.73 Å². The molecule has 1 aromatic carbocycles. The Balaban J connectivity index is 1.95. The third-order valence-electron chi connectivity index (χ3n) is 3.31. The maximum absolute atomic E-state index is 12.2. The van der Waals surface area contributed by atoms with Crippen molar-refractivity contribution in [3.8, 4) is 0 Å². The Labute approximate surface area is 109 Å². The Morgan fingerprint density at radius 2 is 2.00 bits per heavy atom. The van der Waals surface area contributed by atoms with Crippen LogP contribution >= 0.6 is 0 Å². The number of nitrogens with zero attached hydrogens (tertiary/aromatic N) is 1. The first-order valence-corrected chi connectivity index (χ1v) is 7.96. The molecule has 0 aliphatic carbocycles. The SMILES string of the molecule is N[C@H]1CCCN(S(=O)(=O)CCc2ccccc2)C1. The van der Waals surface area contributed by atoms with Crippen molar-refractivity contribution in [3.63, 3.8) is 0 Å². The molecular weight excluding hydrogens is 248 g/mol. The van der Waals surface area contributed by atoms with Crippen LogP contribution in [0.3, 0.4) is 0 Å². The Bertz CT molecular complexity index is 473. The van der Waals surface area contributed by atoms with Gasteiger partial charge in [0.15, 0.2) is 0 Å². The smallest absolute Gasteiger partial charge is 0.214 e. The Morgan fingerprint density at radius 3 is 2.67 bits per heavy atom. The largest absolute Gasteiger partial charge is 0.327 e. The fraction of sp³-hybridized carbons (Fsp3) is 0.538. The molecule has 1 aliphatic heterocycles. The maximum Gasteiger partial charge on any atom is 0.214 e. The van der Waals surface area contributed by atoms with Crippen LogP contribution in [0.1, 0.15) is 18.4 Å². The van der Waals surface area contributed by atoms with Crippen molar-refractivity contribution in [1.29, 1.82) is 0 Å². The minimum atomic E-state index is -3.16. The number of benzene rings is 1. The normalized spacial score (nSPS) is 21.9. The molecule has 1 saturated heterocycles. The number of rotatable bonds is 4. The summed E-state index contributed by atoms with van der Waals surface area (Å²) in [6.07, 6.45) is 2.35. The topological polar surface area (TPSA) is 63.4 Å². The Morgan fingerprint density at radius 1 is 1.28 bits per heavy atom. The van der Waals surface area contributed by atoms with E-state index < -0.39 is 10.0 Å².